The summed E-state index contributed by atoms with van der Waals surface area (Å²) in [6.45, 7) is 8.88. The van der Waals surface area contributed by atoms with Gasteiger partial charge in [-0.15, -0.1) is 0 Å². The summed E-state index contributed by atoms with van der Waals surface area (Å²) in [4.78, 5) is 0. The second-order valence-electron chi connectivity index (χ2n) is 15.6. The molecule has 0 amide bonds. The number of aromatic hydroxyl groups is 1. The Labute approximate surface area is 344 Å². The summed E-state index contributed by atoms with van der Waals surface area (Å²) in [7, 11) is 0. The zero-order valence-electron chi connectivity index (χ0n) is 35.2. The van der Waals surface area contributed by atoms with Crippen molar-refractivity contribution >= 4 is 0 Å². The Balaban J connectivity index is 1.32. The molecule has 1 N–H and O–H groups in total. The molecule has 5 rings (SSSR count). The Bertz CT molecular complexity index is 1830. The van der Waals surface area contributed by atoms with Crippen LogP contribution >= 0.6 is 0 Å². The predicted molar refractivity (Wildman–Crippen MR) is 242 cm³/mol. The van der Waals surface area contributed by atoms with Gasteiger partial charge >= 0.3 is 0 Å². The number of benzene rings is 5. The van der Waals surface area contributed by atoms with Crippen molar-refractivity contribution in [2.45, 2.75) is 130 Å². The van der Waals surface area contributed by atoms with Gasteiger partial charge in [0.1, 0.15) is 23.0 Å². The second-order valence-corrected chi connectivity index (χ2v) is 15.6. The Morgan fingerprint density at radius 2 is 0.632 bits per heavy atom. The van der Waals surface area contributed by atoms with Crippen LogP contribution in [0, 0.1) is 0 Å². The number of unbranched alkanes of at least 4 members (excludes halogenated alkanes) is 14. The van der Waals surface area contributed by atoms with E-state index in [1.807, 2.05) is 12.1 Å². The standard InChI is InChI=1S/C53H68O4/c1-4-7-10-13-14-15-16-17-20-37-55-49-35-31-45(32-36-49)43-23-27-47(28-24-43)51-41-52(56-38-18-11-8-5-2)50(40-53(51)57-39-19-12-9-6-3)46-25-21-42(22-26-46)44-29-33-48(54)34-30-44/h21-36,40-41,54H,4-20,37-39H2,1-3H3. The number of rotatable bonds is 27. The first kappa shape index (κ1) is 43.4. The quantitative estimate of drug-likeness (QED) is 0.0541. The van der Waals surface area contributed by atoms with E-state index < -0.39 is 0 Å². The van der Waals surface area contributed by atoms with Crippen molar-refractivity contribution in [3.8, 4) is 67.5 Å². The van der Waals surface area contributed by atoms with Crippen LogP contribution in [-0.2, 0) is 0 Å². The van der Waals surface area contributed by atoms with E-state index in [9.17, 15) is 5.11 Å². The molecule has 5 aromatic rings. The summed E-state index contributed by atoms with van der Waals surface area (Å²) in [5.74, 6) is 2.96. The second kappa shape index (κ2) is 24.8. The highest BCUT2D eigenvalue weighted by Crippen LogP contribution is 2.42. The van der Waals surface area contributed by atoms with Crippen LogP contribution in [-0.4, -0.2) is 24.9 Å². The maximum Gasteiger partial charge on any atom is 0.128 e. The normalized spacial score (nSPS) is 11.1. The minimum Gasteiger partial charge on any atom is -0.508 e. The number of ether oxygens (including phenoxy) is 3. The van der Waals surface area contributed by atoms with Crippen LogP contribution in [0.4, 0.5) is 0 Å². The zero-order valence-corrected chi connectivity index (χ0v) is 35.2. The highest BCUT2D eigenvalue weighted by atomic mass is 16.5. The van der Waals surface area contributed by atoms with Crippen molar-refractivity contribution in [3.05, 3.63) is 109 Å². The van der Waals surface area contributed by atoms with Gasteiger partial charge in [-0.1, -0.05) is 183 Å². The minimum atomic E-state index is 0.270. The van der Waals surface area contributed by atoms with Crippen LogP contribution in [0.5, 0.6) is 23.0 Å². The average Bonchev–Trinajstić information content (AvgIpc) is 3.25. The third kappa shape index (κ3) is 14.3. The first-order valence-corrected chi connectivity index (χ1v) is 22.3. The summed E-state index contributed by atoms with van der Waals surface area (Å²) < 4.78 is 19.3. The summed E-state index contributed by atoms with van der Waals surface area (Å²) in [6.07, 6.45) is 21.0. The molecule has 0 aliphatic carbocycles. The molecular weight excluding hydrogens is 701 g/mol. The monoisotopic (exact) mass is 769 g/mol. The van der Waals surface area contributed by atoms with E-state index in [1.54, 1.807) is 12.1 Å². The molecule has 0 aliphatic rings. The molecule has 0 aliphatic heterocycles. The molecule has 4 nitrogen and oxygen atoms in total. The highest BCUT2D eigenvalue weighted by molar-refractivity contribution is 5.83. The Kier molecular flexibility index (Phi) is 18.9. The van der Waals surface area contributed by atoms with Gasteiger partial charge in [-0.2, -0.15) is 0 Å². The maximum absolute atomic E-state index is 9.79. The van der Waals surface area contributed by atoms with E-state index in [2.05, 4.69) is 106 Å². The molecule has 304 valence electrons. The first-order chi connectivity index (χ1) is 28.1. The average molecular weight is 769 g/mol. The Morgan fingerprint density at radius 1 is 0.333 bits per heavy atom. The van der Waals surface area contributed by atoms with Crippen molar-refractivity contribution in [1.29, 1.82) is 0 Å². The molecule has 0 spiro atoms. The van der Waals surface area contributed by atoms with Gasteiger partial charge in [-0.25, -0.2) is 0 Å². The van der Waals surface area contributed by atoms with Crippen LogP contribution < -0.4 is 14.2 Å². The van der Waals surface area contributed by atoms with Gasteiger partial charge in [0.25, 0.3) is 0 Å². The van der Waals surface area contributed by atoms with E-state index in [-0.39, 0.29) is 5.75 Å². The van der Waals surface area contributed by atoms with Crippen molar-refractivity contribution < 1.29 is 19.3 Å². The van der Waals surface area contributed by atoms with E-state index in [0.29, 0.717) is 13.2 Å². The Hall–Kier alpha value is -4.70. The maximum atomic E-state index is 9.79. The van der Waals surface area contributed by atoms with Crippen molar-refractivity contribution in [2.24, 2.45) is 0 Å². The van der Waals surface area contributed by atoms with Gasteiger partial charge in [0.2, 0.25) is 0 Å². The predicted octanol–water partition coefficient (Wildman–Crippen LogP) is 15.9. The van der Waals surface area contributed by atoms with E-state index in [4.69, 9.17) is 14.2 Å². The van der Waals surface area contributed by atoms with Crippen LogP contribution in [0.25, 0.3) is 44.5 Å². The minimum absolute atomic E-state index is 0.270. The van der Waals surface area contributed by atoms with E-state index in [1.165, 1.54) is 88.2 Å². The van der Waals surface area contributed by atoms with Crippen LogP contribution in [0.2, 0.25) is 0 Å². The van der Waals surface area contributed by atoms with E-state index in [0.717, 1.165) is 89.3 Å². The molecule has 0 atom stereocenters. The lowest BCUT2D eigenvalue weighted by Crippen LogP contribution is -2.03. The summed E-state index contributed by atoms with van der Waals surface area (Å²) in [5.41, 5.74) is 8.77. The lowest BCUT2D eigenvalue weighted by Gasteiger charge is -2.19. The lowest BCUT2D eigenvalue weighted by atomic mass is 9.95. The van der Waals surface area contributed by atoms with Gasteiger partial charge in [-0.05, 0) is 89.0 Å². The molecule has 4 heteroatoms. The molecule has 0 heterocycles. The van der Waals surface area contributed by atoms with Crippen LogP contribution in [0.15, 0.2) is 109 Å². The molecule has 0 saturated heterocycles. The van der Waals surface area contributed by atoms with Crippen LogP contribution in [0.3, 0.4) is 0 Å². The van der Waals surface area contributed by atoms with Gasteiger partial charge in [0, 0.05) is 11.1 Å². The number of phenolic OH excluding ortho intramolecular Hbond substituents is 1. The molecular formula is C53H68O4. The van der Waals surface area contributed by atoms with Gasteiger partial charge in [-0.3, -0.25) is 0 Å². The van der Waals surface area contributed by atoms with Gasteiger partial charge in [0.05, 0.1) is 19.8 Å². The van der Waals surface area contributed by atoms with Crippen molar-refractivity contribution in [3.63, 3.8) is 0 Å². The topological polar surface area (TPSA) is 47.9 Å². The molecule has 0 aromatic heterocycles. The smallest absolute Gasteiger partial charge is 0.128 e. The summed E-state index contributed by atoms with van der Waals surface area (Å²) in [5, 5.41) is 9.79. The molecule has 5 aromatic carbocycles. The number of hydrogen-bond donors (Lipinski definition) is 1. The fraction of sp³-hybridized carbons (Fsp3) is 0.434. The van der Waals surface area contributed by atoms with Crippen molar-refractivity contribution in [2.75, 3.05) is 19.8 Å². The molecule has 57 heavy (non-hydrogen) atoms. The van der Waals surface area contributed by atoms with Crippen molar-refractivity contribution in [1.82, 2.24) is 0 Å². The number of hydrogen-bond acceptors (Lipinski definition) is 4. The summed E-state index contributed by atoms with van der Waals surface area (Å²) >= 11 is 0. The molecule has 0 fully saturated rings. The van der Waals surface area contributed by atoms with Gasteiger partial charge in [0.15, 0.2) is 0 Å². The number of phenols is 1. The largest absolute Gasteiger partial charge is 0.508 e. The van der Waals surface area contributed by atoms with E-state index >= 15 is 0 Å². The molecule has 0 radical (unpaired) electrons. The molecule has 0 saturated carbocycles. The first-order valence-electron chi connectivity index (χ1n) is 22.3. The van der Waals surface area contributed by atoms with Gasteiger partial charge < -0.3 is 19.3 Å². The zero-order chi connectivity index (χ0) is 39.9. The lowest BCUT2D eigenvalue weighted by molar-refractivity contribution is 0.299. The van der Waals surface area contributed by atoms with Crippen LogP contribution in [0.1, 0.15) is 130 Å². The summed E-state index contributed by atoms with van der Waals surface area (Å²) in [6, 6.07) is 37.7. The SMILES string of the molecule is CCCCCCCCCCCOc1ccc(-c2ccc(-c3cc(OCCCCCC)c(-c4ccc(-c5ccc(O)cc5)cc4)cc3OCCCCCC)cc2)cc1. The Morgan fingerprint density at radius 3 is 1.04 bits per heavy atom. The third-order valence-electron chi connectivity index (χ3n) is 10.9. The molecule has 0 bridgehead atoms. The fourth-order valence-electron chi connectivity index (χ4n) is 7.36. The highest BCUT2D eigenvalue weighted by Gasteiger charge is 2.17. The third-order valence-corrected chi connectivity index (χ3v) is 10.9. The fourth-order valence-corrected chi connectivity index (χ4v) is 7.36. The molecule has 0 unspecified atom stereocenters.